The second-order valence-corrected chi connectivity index (χ2v) is 9.43. The maximum Gasteiger partial charge on any atom is 0.220 e. The molecule has 3 nitrogen and oxygen atoms in total. The first-order valence-corrected chi connectivity index (χ1v) is 9.20. The number of ether oxygens (including phenoxy) is 1. The van der Waals surface area contributed by atoms with E-state index >= 15 is 0 Å². The Bertz CT molecular complexity index is 355. The second kappa shape index (κ2) is 9.05. The normalized spacial score (nSPS) is 17.0. The van der Waals surface area contributed by atoms with Gasteiger partial charge in [-0.15, -0.1) is 0 Å². The van der Waals surface area contributed by atoms with Crippen LogP contribution in [0.15, 0.2) is 0 Å². The van der Waals surface area contributed by atoms with Gasteiger partial charge >= 0.3 is 0 Å². The number of carbonyl (C=O) groups excluding carboxylic acids is 1. The topological polar surface area (TPSA) is 38.3 Å². The Balaban J connectivity index is 4.35. The number of carbonyl (C=O) groups is 1. The quantitative estimate of drug-likeness (QED) is 0.633. The van der Waals surface area contributed by atoms with Gasteiger partial charge in [-0.1, -0.05) is 34.6 Å². The van der Waals surface area contributed by atoms with E-state index in [1.807, 2.05) is 13.8 Å². The van der Waals surface area contributed by atoms with Crippen molar-refractivity contribution in [1.29, 1.82) is 0 Å². The Morgan fingerprint density at radius 2 is 1.52 bits per heavy atom. The molecule has 0 saturated carbocycles. The first-order valence-electron chi connectivity index (χ1n) is 9.20. The van der Waals surface area contributed by atoms with Crippen LogP contribution in [0.25, 0.3) is 0 Å². The molecule has 1 N–H and O–H groups in total. The van der Waals surface area contributed by atoms with Gasteiger partial charge in [-0.3, -0.25) is 4.79 Å². The Labute approximate surface area is 144 Å². The molecule has 0 saturated heterocycles. The minimum Gasteiger partial charge on any atom is -0.373 e. The molecule has 3 heteroatoms. The fourth-order valence-corrected chi connectivity index (χ4v) is 3.03. The molecule has 0 aliphatic rings. The lowest BCUT2D eigenvalue weighted by molar-refractivity contribution is -0.123. The molecule has 0 rings (SSSR count). The summed E-state index contributed by atoms with van der Waals surface area (Å²) in [7, 11) is 0. The van der Waals surface area contributed by atoms with Crippen molar-refractivity contribution in [3.8, 4) is 0 Å². The van der Waals surface area contributed by atoms with E-state index in [0.29, 0.717) is 23.7 Å². The molecule has 23 heavy (non-hydrogen) atoms. The minimum absolute atomic E-state index is 0.133. The van der Waals surface area contributed by atoms with Crippen molar-refractivity contribution in [2.75, 3.05) is 0 Å². The predicted molar refractivity (Wildman–Crippen MR) is 99.5 cm³/mol. The van der Waals surface area contributed by atoms with Crippen LogP contribution < -0.4 is 5.32 Å². The van der Waals surface area contributed by atoms with Gasteiger partial charge in [0.05, 0.1) is 11.7 Å². The van der Waals surface area contributed by atoms with Crippen LogP contribution in [0.5, 0.6) is 0 Å². The highest BCUT2D eigenvalue weighted by Crippen LogP contribution is 2.34. The van der Waals surface area contributed by atoms with Gasteiger partial charge < -0.3 is 10.1 Å². The van der Waals surface area contributed by atoms with Crippen molar-refractivity contribution in [3.05, 3.63) is 0 Å². The van der Waals surface area contributed by atoms with E-state index in [1.54, 1.807) is 0 Å². The van der Waals surface area contributed by atoms with Crippen LogP contribution in [0, 0.1) is 17.3 Å². The van der Waals surface area contributed by atoms with E-state index in [4.69, 9.17) is 4.74 Å². The van der Waals surface area contributed by atoms with Crippen LogP contribution in [0.1, 0.15) is 88.5 Å². The lowest BCUT2D eigenvalue weighted by Crippen LogP contribution is -2.35. The van der Waals surface area contributed by atoms with Gasteiger partial charge in [0, 0.05) is 12.5 Å². The second-order valence-electron chi connectivity index (χ2n) is 9.43. The van der Waals surface area contributed by atoms with E-state index in [0.717, 1.165) is 12.8 Å². The zero-order valence-electron chi connectivity index (χ0n) is 17.2. The van der Waals surface area contributed by atoms with Crippen LogP contribution in [0.3, 0.4) is 0 Å². The van der Waals surface area contributed by atoms with E-state index < -0.39 is 0 Å². The summed E-state index contributed by atoms with van der Waals surface area (Å²) < 4.78 is 6.31. The van der Waals surface area contributed by atoms with Crippen molar-refractivity contribution in [1.82, 2.24) is 5.32 Å². The van der Waals surface area contributed by atoms with Gasteiger partial charge in [-0.05, 0) is 64.7 Å². The maximum atomic E-state index is 11.8. The summed E-state index contributed by atoms with van der Waals surface area (Å²) in [6.45, 7) is 21.8. The summed E-state index contributed by atoms with van der Waals surface area (Å²) in [5.41, 5.74) is 0.165. The van der Waals surface area contributed by atoms with Crippen molar-refractivity contribution < 1.29 is 9.53 Å². The molecule has 0 aliphatic heterocycles. The van der Waals surface area contributed by atoms with Gasteiger partial charge in [0.15, 0.2) is 0 Å². The fraction of sp³-hybridized carbons (Fsp3) is 0.950. The molecule has 0 bridgehead atoms. The Morgan fingerprint density at radius 1 is 1.00 bits per heavy atom. The van der Waals surface area contributed by atoms with Crippen molar-refractivity contribution in [2.45, 2.75) is 106 Å². The Hall–Kier alpha value is -0.570. The largest absolute Gasteiger partial charge is 0.373 e. The molecule has 138 valence electrons. The van der Waals surface area contributed by atoms with Gasteiger partial charge in [-0.2, -0.15) is 0 Å². The zero-order valence-corrected chi connectivity index (χ0v) is 17.2. The van der Waals surface area contributed by atoms with Gasteiger partial charge in [0.2, 0.25) is 5.91 Å². The third-order valence-electron chi connectivity index (χ3n) is 4.51. The lowest BCUT2D eigenvalue weighted by Gasteiger charge is -2.37. The van der Waals surface area contributed by atoms with Gasteiger partial charge in [0.25, 0.3) is 0 Å². The third-order valence-corrected chi connectivity index (χ3v) is 4.51. The Morgan fingerprint density at radius 3 is 1.96 bits per heavy atom. The smallest absolute Gasteiger partial charge is 0.220 e. The van der Waals surface area contributed by atoms with Crippen LogP contribution in [-0.2, 0) is 9.53 Å². The van der Waals surface area contributed by atoms with Crippen molar-refractivity contribution in [2.24, 2.45) is 17.3 Å². The average molecular weight is 328 g/mol. The number of amides is 1. The van der Waals surface area contributed by atoms with Gasteiger partial charge in [0.1, 0.15) is 0 Å². The molecule has 3 unspecified atom stereocenters. The highest BCUT2D eigenvalue weighted by molar-refractivity contribution is 5.76. The molecule has 0 aromatic carbocycles. The standard InChI is InChI=1S/C20H41NO2/c1-14(2)21-18(22)12-15(3)11-17(5)23-20(9,10)13-16(4)19(6,7)8/h14-17H,11-13H2,1-10H3,(H,21,22). The van der Waals surface area contributed by atoms with Crippen LogP contribution in [0.2, 0.25) is 0 Å². The minimum atomic E-state index is -0.133. The van der Waals surface area contributed by atoms with Crippen molar-refractivity contribution in [3.63, 3.8) is 0 Å². The van der Waals surface area contributed by atoms with Crippen LogP contribution in [-0.4, -0.2) is 23.7 Å². The van der Waals surface area contributed by atoms with Gasteiger partial charge in [-0.25, -0.2) is 0 Å². The molecule has 0 radical (unpaired) electrons. The summed E-state index contributed by atoms with van der Waals surface area (Å²) in [5.74, 6) is 1.07. The number of hydrogen-bond acceptors (Lipinski definition) is 2. The highest BCUT2D eigenvalue weighted by atomic mass is 16.5. The van der Waals surface area contributed by atoms with E-state index in [-0.39, 0.29) is 23.7 Å². The molecule has 3 atom stereocenters. The van der Waals surface area contributed by atoms with E-state index in [2.05, 4.69) is 60.7 Å². The van der Waals surface area contributed by atoms with Crippen molar-refractivity contribution >= 4 is 5.91 Å². The zero-order chi connectivity index (χ0) is 18.4. The molecule has 0 aliphatic carbocycles. The molecule has 0 aromatic rings. The SMILES string of the molecule is CC(CC(=O)NC(C)C)CC(C)OC(C)(C)CC(C)C(C)(C)C. The number of hydrogen-bond donors (Lipinski definition) is 1. The summed E-state index contributed by atoms with van der Waals surface area (Å²) in [6, 6.07) is 0.209. The first kappa shape index (κ1) is 22.4. The summed E-state index contributed by atoms with van der Waals surface area (Å²) in [4.78, 5) is 11.8. The summed E-state index contributed by atoms with van der Waals surface area (Å²) in [6.07, 6.45) is 2.70. The Kier molecular flexibility index (Phi) is 8.83. The number of nitrogens with one attached hydrogen (secondary N) is 1. The van der Waals surface area contributed by atoms with Crippen LogP contribution >= 0.6 is 0 Å². The van der Waals surface area contributed by atoms with Crippen LogP contribution in [0.4, 0.5) is 0 Å². The molecule has 0 aromatic heterocycles. The molecular weight excluding hydrogens is 286 g/mol. The number of rotatable bonds is 9. The highest BCUT2D eigenvalue weighted by Gasteiger charge is 2.30. The fourth-order valence-electron chi connectivity index (χ4n) is 3.03. The summed E-state index contributed by atoms with van der Waals surface area (Å²) in [5, 5.41) is 2.96. The predicted octanol–water partition coefficient (Wildman–Crippen LogP) is 5.18. The average Bonchev–Trinajstić information content (AvgIpc) is 2.22. The first-order chi connectivity index (χ1) is 10.2. The molecule has 0 heterocycles. The molecule has 0 fully saturated rings. The molecule has 0 spiro atoms. The lowest BCUT2D eigenvalue weighted by atomic mass is 9.76. The third kappa shape index (κ3) is 10.8. The monoisotopic (exact) mass is 327 g/mol. The summed E-state index contributed by atoms with van der Waals surface area (Å²) >= 11 is 0. The molecular formula is C20H41NO2. The van der Waals surface area contributed by atoms with E-state index in [1.165, 1.54) is 0 Å². The molecule has 1 amide bonds. The maximum absolute atomic E-state index is 11.8. The van der Waals surface area contributed by atoms with E-state index in [9.17, 15) is 4.79 Å².